The van der Waals surface area contributed by atoms with E-state index in [2.05, 4.69) is 17.3 Å². The molecule has 0 aliphatic carbocycles. The molecular formula is C21H19N5O5S. The zero-order valence-electron chi connectivity index (χ0n) is 17.1. The van der Waals surface area contributed by atoms with E-state index in [0.717, 1.165) is 18.6 Å². The van der Waals surface area contributed by atoms with Crippen molar-refractivity contribution in [3.05, 3.63) is 62.7 Å². The van der Waals surface area contributed by atoms with E-state index in [1.165, 1.54) is 22.8 Å². The number of carbonyl (C=O) groups excluding carboxylic acids is 1. The Morgan fingerprint density at radius 2 is 2.06 bits per heavy atom. The van der Waals surface area contributed by atoms with Gasteiger partial charge in [0.25, 0.3) is 11.6 Å². The number of para-hydroxylation sites is 1. The lowest BCUT2D eigenvalue weighted by Gasteiger charge is -2.33. The van der Waals surface area contributed by atoms with Crippen LogP contribution >= 0.6 is 11.8 Å². The molecule has 164 valence electrons. The summed E-state index contributed by atoms with van der Waals surface area (Å²) < 4.78 is 10.8. The Balaban J connectivity index is 1.69. The summed E-state index contributed by atoms with van der Waals surface area (Å²) in [5.41, 5.74) is 0.387. The average Bonchev–Trinajstić information content (AvgIpc) is 3.25. The molecule has 10 nitrogen and oxygen atoms in total. The minimum atomic E-state index is -0.914. The first-order valence-electron chi connectivity index (χ1n) is 10.1. The second-order valence-corrected chi connectivity index (χ2v) is 8.38. The molecule has 3 heterocycles. The van der Waals surface area contributed by atoms with E-state index in [1.807, 2.05) is 6.07 Å². The molecule has 0 spiro atoms. The van der Waals surface area contributed by atoms with E-state index in [4.69, 9.17) is 14.5 Å². The highest BCUT2D eigenvalue weighted by Gasteiger charge is 2.38. The third kappa shape index (κ3) is 3.44. The largest absolute Gasteiger partial charge is 0.454 e. The van der Waals surface area contributed by atoms with E-state index in [9.17, 15) is 14.9 Å². The first-order valence-corrected chi connectivity index (χ1v) is 11.1. The molecule has 0 bridgehead atoms. The zero-order chi connectivity index (χ0) is 22.2. The number of rotatable bonds is 5. The Morgan fingerprint density at radius 1 is 1.28 bits per heavy atom. The van der Waals surface area contributed by atoms with E-state index < -0.39 is 11.1 Å². The van der Waals surface area contributed by atoms with Crippen LogP contribution in [0.5, 0.6) is 11.5 Å². The summed E-state index contributed by atoms with van der Waals surface area (Å²) in [5, 5.41) is 22.5. The molecule has 0 fully saturated rings. The topological polar surface area (TPSA) is 119 Å². The molecule has 1 amide bonds. The first-order chi connectivity index (χ1) is 15.6. The van der Waals surface area contributed by atoms with Gasteiger partial charge in [0.1, 0.15) is 5.70 Å². The fourth-order valence-electron chi connectivity index (χ4n) is 3.72. The van der Waals surface area contributed by atoms with Gasteiger partial charge in [-0.1, -0.05) is 43.3 Å². The molecule has 1 N–H and O–H groups in total. The highest BCUT2D eigenvalue weighted by molar-refractivity contribution is 8.13. The van der Waals surface area contributed by atoms with Gasteiger partial charge in [-0.25, -0.2) is 5.01 Å². The summed E-state index contributed by atoms with van der Waals surface area (Å²) in [6, 6.07) is 10.1. The molecule has 5 rings (SSSR count). The number of thioether (sulfide) groups is 1. The molecule has 32 heavy (non-hydrogen) atoms. The number of nitro groups is 1. The molecule has 11 heteroatoms. The van der Waals surface area contributed by atoms with Crippen molar-refractivity contribution in [3.63, 3.8) is 0 Å². The number of ether oxygens (including phenoxy) is 2. The van der Waals surface area contributed by atoms with Gasteiger partial charge in [0.05, 0.1) is 21.9 Å². The van der Waals surface area contributed by atoms with Crippen LogP contribution in [-0.4, -0.2) is 33.6 Å². The van der Waals surface area contributed by atoms with Gasteiger partial charge in [0.15, 0.2) is 22.8 Å². The zero-order valence-corrected chi connectivity index (χ0v) is 17.9. The van der Waals surface area contributed by atoms with Gasteiger partial charge in [0.2, 0.25) is 6.79 Å². The van der Waals surface area contributed by atoms with Crippen LogP contribution in [0.15, 0.2) is 46.5 Å². The summed E-state index contributed by atoms with van der Waals surface area (Å²) in [7, 11) is 0. The van der Waals surface area contributed by atoms with E-state index >= 15 is 0 Å². The number of hydrogen-bond donors (Lipinski definition) is 1. The monoisotopic (exact) mass is 453 g/mol. The number of benzene rings is 2. The van der Waals surface area contributed by atoms with E-state index in [-0.39, 0.29) is 24.0 Å². The summed E-state index contributed by atoms with van der Waals surface area (Å²) in [6.45, 7) is 2.07. The average molecular weight is 453 g/mol. The minimum absolute atomic E-state index is 0.0134. The highest BCUT2D eigenvalue weighted by Crippen LogP contribution is 2.43. The molecule has 3 aliphatic heterocycles. The van der Waals surface area contributed by atoms with Crippen molar-refractivity contribution in [1.29, 1.82) is 0 Å². The second kappa shape index (κ2) is 8.15. The fraction of sp³-hybridized carbons (Fsp3) is 0.286. The number of fused-ring (bicyclic) bond motifs is 3. The van der Waals surface area contributed by atoms with Gasteiger partial charge in [-0.2, -0.15) is 0 Å². The third-order valence-electron chi connectivity index (χ3n) is 5.25. The van der Waals surface area contributed by atoms with Crippen LogP contribution in [0.1, 0.15) is 31.5 Å². The minimum Gasteiger partial charge on any atom is -0.454 e. The van der Waals surface area contributed by atoms with Crippen LogP contribution in [0.4, 0.5) is 5.69 Å². The van der Waals surface area contributed by atoms with Crippen LogP contribution in [0.2, 0.25) is 0 Å². The number of amidine groups is 1. The fourth-order valence-corrected chi connectivity index (χ4v) is 4.66. The second-order valence-electron chi connectivity index (χ2n) is 7.30. The number of carbonyl (C=O) groups is 1. The lowest BCUT2D eigenvalue weighted by atomic mass is 10.1. The summed E-state index contributed by atoms with van der Waals surface area (Å²) in [6.07, 6.45) is 1.08. The lowest BCUT2D eigenvalue weighted by molar-refractivity contribution is -0.386. The van der Waals surface area contributed by atoms with Crippen LogP contribution in [0.3, 0.4) is 0 Å². The van der Waals surface area contributed by atoms with Crippen LogP contribution in [-0.2, 0) is 4.79 Å². The molecule has 2 aromatic carbocycles. The molecular weight excluding hydrogens is 434 g/mol. The molecule has 3 aliphatic rings. The Labute approximate surface area is 186 Å². The third-order valence-corrected chi connectivity index (χ3v) is 6.20. The SMILES string of the molecule is CCCCSC1=NN2C(=c3ccccc3=N[C@H]2c2cc3c(cc2[N+](=O)[O-])OCO3)C(=O)N1. The predicted octanol–water partition coefficient (Wildman–Crippen LogP) is 2.00. The summed E-state index contributed by atoms with van der Waals surface area (Å²) >= 11 is 1.43. The normalized spacial score (nSPS) is 18.3. The van der Waals surface area contributed by atoms with Gasteiger partial charge in [-0.15, -0.1) is 5.10 Å². The molecule has 0 saturated heterocycles. The summed E-state index contributed by atoms with van der Waals surface area (Å²) in [4.78, 5) is 29.3. The smallest absolute Gasteiger partial charge is 0.280 e. The van der Waals surface area contributed by atoms with E-state index in [0.29, 0.717) is 32.9 Å². The van der Waals surface area contributed by atoms with Crippen LogP contribution in [0, 0.1) is 10.1 Å². The maximum atomic E-state index is 13.1. The number of nitrogens with zero attached hydrogens (tertiary/aromatic N) is 4. The Bertz CT molecular complexity index is 1280. The molecule has 0 aromatic heterocycles. The molecule has 2 aromatic rings. The van der Waals surface area contributed by atoms with E-state index in [1.54, 1.807) is 24.3 Å². The van der Waals surface area contributed by atoms with Crippen molar-refractivity contribution >= 4 is 34.2 Å². The van der Waals surface area contributed by atoms with Crippen molar-refractivity contribution < 1.29 is 19.2 Å². The van der Waals surface area contributed by atoms with Crippen molar-refractivity contribution in [2.75, 3.05) is 12.5 Å². The lowest BCUT2D eigenvalue weighted by Crippen LogP contribution is -2.50. The van der Waals surface area contributed by atoms with Crippen molar-refractivity contribution in [2.24, 2.45) is 10.1 Å². The Kier molecular flexibility index (Phi) is 5.17. The van der Waals surface area contributed by atoms with Gasteiger partial charge in [0, 0.05) is 11.0 Å². The van der Waals surface area contributed by atoms with Crippen molar-refractivity contribution in [2.45, 2.75) is 25.9 Å². The van der Waals surface area contributed by atoms with Gasteiger partial charge in [-0.05, 0) is 18.6 Å². The number of nitro benzene ring substituents is 1. The predicted molar refractivity (Wildman–Crippen MR) is 117 cm³/mol. The Morgan fingerprint density at radius 3 is 2.84 bits per heavy atom. The number of nitrogens with one attached hydrogen (secondary N) is 1. The molecule has 0 radical (unpaired) electrons. The van der Waals surface area contributed by atoms with Crippen LogP contribution < -0.4 is 25.4 Å². The van der Waals surface area contributed by atoms with Gasteiger partial charge >= 0.3 is 0 Å². The number of hydrazone groups is 1. The first kappa shape index (κ1) is 20.3. The van der Waals surface area contributed by atoms with Gasteiger partial charge < -0.3 is 9.47 Å². The maximum absolute atomic E-state index is 13.1. The standard InChI is InChI=1S/C21H19N5O5S/c1-2-3-8-32-21-23-20(27)18-12-6-4-5-7-14(12)22-19(25(18)24-21)13-9-16-17(31-11-30-16)10-15(13)26(28)29/h4-7,9-10,19H,2-3,8,11H2,1H3,(H,23,24,27)/t19-/m1/s1. The summed E-state index contributed by atoms with van der Waals surface area (Å²) in [5.74, 6) is 1.16. The van der Waals surface area contributed by atoms with Crippen molar-refractivity contribution in [3.8, 4) is 11.5 Å². The molecule has 0 unspecified atom stereocenters. The van der Waals surface area contributed by atoms with Crippen LogP contribution in [0.25, 0.3) is 5.70 Å². The van der Waals surface area contributed by atoms with Gasteiger partial charge in [-0.3, -0.25) is 25.2 Å². The quantitative estimate of drug-likeness (QED) is 0.418. The Hall–Kier alpha value is -3.60. The maximum Gasteiger partial charge on any atom is 0.280 e. The van der Waals surface area contributed by atoms with Crippen molar-refractivity contribution in [1.82, 2.24) is 10.3 Å². The number of amides is 1. The number of unbranched alkanes of at least 4 members (excludes halogenated alkanes) is 1. The molecule has 1 atom stereocenters. The molecule has 0 saturated carbocycles. The highest BCUT2D eigenvalue weighted by atomic mass is 32.2. The number of hydrogen-bond acceptors (Lipinski definition) is 9.